The van der Waals surface area contributed by atoms with Gasteiger partial charge >= 0.3 is 0 Å². The molecule has 3 aromatic carbocycles. The molecular weight excluding hydrogens is 481 g/mol. The molecule has 3 rings (SSSR count). The lowest BCUT2D eigenvalue weighted by Crippen LogP contribution is -2.50. The van der Waals surface area contributed by atoms with Gasteiger partial charge in [-0.3, -0.25) is 13.9 Å². The average Bonchev–Trinajstić information content (AvgIpc) is 2.90. The Morgan fingerprint density at radius 2 is 1.56 bits per heavy atom. The van der Waals surface area contributed by atoms with Crippen molar-refractivity contribution in [2.45, 2.75) is 37.8 Å². The number of nitrogens with one attached hydrogen (secondary N) is 1. The Morgan fingerprint density at radius 3 is 2.17 bits per heavy atom. The first-order valence-electron chi connectivity index (χ1n) is 11.6. The van der Waals surface area contributed by atoms with Crippen molar-refractivity contribution in [1.29, 1.82) is 0 Å². The standard InChI is InChI=1S/C27H30FN3O4S/c1-4-22-10-8-9-13-25(22)31(36(34,35)24-11-6-5-7-12-24)19-26(32)30(20(2)27(33)29-3)18-21-14-16-23(28)17-15-21/h5-17,20H,4,18-19H2,1-3H3,(H,29,33). The summed E-state index contributed by atoms with van der Waals surface area (Å²) in [4.78, 5) is 27.5. The average molecular weight is 512 g/mol. The number of sulfonamides is 1. The molecule has 0 radical (unpaired) electrons. The highest BCUT2D eigenvalue weighted by molar-refractivity contribution is 7.92. The Kier molecular flexibility index (Phi) is 8.82. The number of nitrogens with zero attached hydrogens (tertiary/aromatic N) is 2. The summed E-state index contributed by atoms with van der Waals surface area (Å²) in [5.41, 5.74) is 1.76. The van der Waals surface area contributed by atoms with Gasteiger partial charge in [-0.05, 0) is 54.8 Å². The van der Waals surface area contributed by atoms with Crippen molar-refractivity contribution in [1.82, 2.24) is 10.2 Å². The minimum Gasteiger partial charge on any atom is -0.357 e. The number of carbonyl (C=O) groups excluding carboxylic acids is 2. The summed E-state index contributed by atoms with van der Waals surface area (Å²) in [6.07, 6.45) is 0.555. The van der Waals surface area contributed by atoms with Crippen molar-refractivity contribution in [3.63, 3.8) is 0 Å². The van der Waals surface area contributed by atoms with E-state index in [2.05, 4.69) is 5.32 Å². The monoisotopic (exact) mass is 511 g/mol. The molecule has 7 nitrogen and oxygen atoms in total. The van der Waals surface area contributed by atoms with Crippen LogP contribution < -0.4 is 9.62 Å². The maximum atomic E-state index is 13.7. The van der Waals surface area contributed by atoms with Crippen LogP contribution in [0.1, 0.15) is 25.0 Å². The highest BCUT2D eigenvalue weighted by atomic mass is 32.2. The summed E-state index contributed by atoms with van der Waals surface area (Å²) in [6.45, 7) is 2.96. The van der Waals surface area contributed by atoms with E-state index in [0.717, 1.165) is 9.87 Å². The van der Waals surface area contributed by atoms with Gasteiger partial charge in [0.2, 0.25) is 11.8 Å². The number of para-hydroxylation sites is 1. The first-order chi connectivity index (χ1) is 17.2. The number of likely N-dealkylation sites (N-methyl/N-ethyl adjacent to an activating group) is 1. The lowest BCUT2D eigenvalue weighted by molar-refractivity contribution is -0.139. The molecule has 1 N–H and O–H groups in total. The maximum Gasteiger partial charge on any atom is 0.264 e. The number of halogens is 1. The SMILES string of the molecule is CCc1ccccc1N(CC(=O)N(Cc1ccc(F)cc1)C(C)C(=O)NC)S(=O)(=O)c1ccccc1. The zero-order chi connectivity index (χ0) is 26.3. The van der Waals surface area contributed by atoms with Crippen LogP contribution >= 0.6 is 0 Å². The number of amides is 2. The third-order valence-corrected chi connectivity index (χ3v) is 7.71. The lowest BCUT2D eigenvalue weighted by atomic mass is 10.1. The molecule has 9 heteroatoms. The summed E-state index contributed by atoms with van der Waals surface area (Å²) in [7, 11) is -2.65. The second-order valence-electron chi connectivity index (χ2n) is 8.25. The van der Waals surface area contributed by atoms with Crippen LogP contribution in [-0.2, 0) is 32.6 Å². The van der Waals surface area contributed by atoms with E-state index < -0.39 is 40.2 Å². The van der Waals surface area contributed by atoms with Crippen LogP contribution in [0.15, 0.2) is 83.8 Å². The molecule has 3 aromatic rings. The van der Waals surface area contributed by atoms with Crippen LogP contribution in [-0.4, -0.2) is 44.8 Å². The molecule has 0 aliphatic rings. The van der Waals surface area contributed by atoms with E-state index >= 15 is 0 Å². The van der Waals surface area contributed by atoms with Gasteiger partial charge in [0, 0.05) is 13.6 Å². The van der Waals surface area contributed by atoms with Crippen LogP contribution in [0, 0.1) is 5.82 Å². The molecular formula is C27H30FN3O4S. The minimum absolute atomic E-state index is 0.00233. The van der Waals surface area contributed by atoms with Crippen molar-refractivity contribution >= 4 is 27.5 Å². The first kappa shape index (κ1) is 26.9. The Bertz CT molecular complexity index is 1300. The van der Waals surface area contributed by atoms with Crippen LogP contribution in [0.2, 0.25) is 0 Å². The number of hydrogen-bond acceptors (Lipinski definition) is 4. The molecule has 0 aliphatic carbocycles. The van der Waals surface area contributed by atoms with Crippen molar-refractivity contribution in [3.05, 3.63) is 95.8 Å². The fourth-order valence-electron chi connectivity index (χ4n) is 3.86. The third-order valence-electron chi connectivity index (χ3n) is 5.93. The van der Waals surface area contributed by atoms with E-state index in [0.29, 0.717) is 17.7 Å². The first-order valence-corrected chi connectivity index (χ1v) is 13.0. The van der Waals surface area contributed by atoms with Crippen molar-refractivity contribution in [2.24, 2.45) is 0 Å². The molecule has 0 fully saturated rings. The van der Waals surface area contributed by atoms with E-state index in [9.17, 15) is 22.4 Å². The highest BCUT2D eigenvalue weighted by Crippen LogP contribution is 2.28. The second-order valence-corrected chi connectivity index (χ2v) is 10.1. The van der Waals surface area contributed by atoms with Gasteiger partial charge in [0.25, 0.3) is 10.0 Å². The second kappa shape index (κ2) is 11.8. The molecule has 36 heavy (non-hydrogen) atoms. The number of hydrogen-bond donors (Lipinski definition) is 1. The van der Waals surface area contributed by atoms with Gasteiger partial charge < -0.3 is 10.2 Å². The van der Waals surface area contributed by atoms with Crippen molar-refractivity contribution in [3.8, 4) is 0 Å². The van der Waals surface area contributed by atoms with Gasteiger partial charge in [-0.2, -0.15) is 0 Å². The van der Waals surface area contributed by atoms with E-state index in [1.165, 1.54) is 48.3 Å². The zero-order valence-corrected chi connectivity index (χ0v) is 21.3. The molecule has 1 unspecified atom stereocenters. The van der Waals surface area contributed by atoms with Crippen molar-refractivity contribution < 1.29 is 22.4 Å². The molecule has 0 saturated carbocycles. The van der Waals surface area contributed by atoms with Gasteiger partial charge in [0.05, 0.1) is 10.6 Å². The number of aryl methyl sites for hydroxylation is 1. The third kappa shape index (κ3) is 6.09. The Balaban J connectivity index is 2.05. The number of carbonyl (C=O) groups is 2. The summed E-state index contributed by atoms with van der Waals surface area (Å²) in [5.74, 6) is -1.40. The molecule has 0 aromatic heterocycles. The lowest BCUT2D eigenvalue weighted by Gasteiger charge is -2.32. The fourth-order valence-corrected chi connectivity index (χ4v) is 5.34. The van der Waals surface area contributed by atoms with Crippen LogP contribution in [0.5, 0.6) is 0 Å². The highest BCUT2D eigenvalue weighted by Gasteiger charge is 2.33. The summed E-state index contributed by atoms with van der Waals surface area (Å²) < 4.78 is 42.0. The number of anilines is 1. The number of rotatable bonds is 10. The Labute approximate surface area is 211 Å². The Morgan fingerprint density at radius 1 is 0.944 bits per heavy atom. The molecule has 0 aliphatic heterocycles. The minimum atomic E-state index is -4.11. The molecule has 2 amide bonds. The zero-order valence-electron chi connectivity index (χ0n) is 20.5. The fraction of sp³-hybridized carbons (Fsp3) is 0.259. The molecule has 0 heterocycles. The number of benzene rings is 3. The van der Waals surface area contributed by atoms with Crippen LogP contribution in [0.3, 0.4) is 0 Å². The normalized spacial score (nSPS) is 12.0. The van der Waals surface area contributed by atoms with Gasteiger partial charge in [-0.25, -0.2) is 12.8 Å². The summed E-state index contributed by atoms with van der Waals surface area (Å²) >= 11 is 0. The van der Waals surface area contributed by atoms with E-state index in [1.54, 1.807) is 37.3 Å². The van der Waals surface area contributed by atoms with Gasteiger partial charge in [-0.1, -0.05) is 55.5 Å². The molecule has 0 saturated heterocycles. The summed E-state index contributed by atoms with van der Waals surface area (Å²) in [5, 5.41) is 2.53. The van der Waals surface area contributed by atoms with E-state index in [4.69, 9.17) is 0 Å². The molecule has 1 atom stereocenters. The van der Waals surface area contributed by atoms with E-state index in [-0.39, 0.29) is 11.4 Å². The predicted octanol–water partition coefficient (Wildman–Crippen LogP) is 3.75. The molecule has 190 valence electrons. The summed E-state index contributed by atoms with van der Waals surface area (Å²) in [6, 6.07) is 19.6. The largest absolute Gasteiger partial charge is 0.357 e. The van der Waals surface area contributed by atoms with Crippen molar-refractivity contribution in [2.75, 3.05) is 17.9 Å². The Hall–Kier alpha value is -3.72. The quantitative estimate of drug-likeness (QED) is 0.449. The van der Waals surface area contributed by atoms with Crippen LogP contribution in [0.25, 0.3) is 0 Å². The topological polar surface area (TPSA) is 86.8 Å². The van der Waals surface area contributed by atoms with Gasteiger partial charge in [-0.15, -0.1) is 0 Å². The van der Waals surface area contributed by atoms with E-state index in [1.807, 2.05) is 19.1 Å². The smallest absolute Gasteiger partial charge is 0.264 e. The van der Waals surface area contributed by atoms with Crippen LogP contribution in [0.4, 0.5) is 10.1 Å². The predicted molar refractivity (Wildman–Crippen MR) is 137 cm³/mol. The molecule has 0 spiro atoms. The maximum absolute atomic E-state index is 13.7. The molecule has 0 bridgehead atoms. The van der Waals surface area contributed by atoms with Gasteiger partial charge in [0.15, 0.2) is 0 Å². The van der Waals surface area contributed by atoms with Gasteiger partial charge in [0.1, 0.15) is 18.4 Å².